The first-order chi connectivity index (χ1) is 5.02. The Morgan fingerprint density at radius 1 is 1.64 bits per heavy atom. The Morgan fingerprint density at radius 2 is 2.18 bits per heavy atom. The second-order valence-electron chi connectivity index (χ2n) is 3.28. The van der Waals surface area contributed by atoms with Crippen LogP contribution in [0, 0.1) is 0 Å². The fourth-order valence-electron chi connectivity index (χ4n) is 0.648. The van der Waals surface area contributed by atoms with Gasteiger partial charge in [-0.3, -0.25) is 4.79 Å². The van der Waals surface area contributed by atoms with Crippen LogP contribution >= 0.6 is 0 Å². The monoisotopic (exact) mass is 155 g/mol. The maximum atomic E-state index is 11.0. The fourth-order valence-corrected chi connectivity index (χ4v) is 0.648. The topological polar surface area (TPSA) is 29.1 Å². The molecule has 0 saturated carbocycles. The highest BCUT2D eigenvalue weighted by Gasteiger charge is 2.16. The number of hydrogen-bond donors (Lipinski definition) is 1. The Balaban J connectivity index is 3.82. The molecule has 11 heavy (non-hydrogen) atoms. The zero-order chi connectivity index (χ0) is 8.91. The highest BCUT2D eigenvalue weighted by molar-refractivity contribution is 5.78. The second kappa shape index (κ2) is 4.16. The Hall–Kier alpha value is -0.790. The first kappa shape index (κ1) is 10.2. The summed E-state index contributed by atoms with van der Waals surface area (Å²) in [5, 5.41) is 2.90. The lowest BCUT2D eigenvalue weighted by Gasteiger charge is -2.23. The van der Waals surface area contributed by atoms with Gasteiger partial charge in [-0.15, -0.1) is 6.58 Å². The quantitative estimate of drug-likeness (QED) is 0.617. The summed E-state index contributed by atoms with van der Waals surface area (Å²) in [5.41, 5.74) is -0.0832. The van der Waals surface area contributed by atoms with Crippen molar-refractivity contribution in [2.75, 3.05) is 0 Å². The van der Waals surface area contributed by atoms with E-state index in [1.807, 2.05) is 20.8 Å². The van der Waals surface area contributed by atoms with Crippen LogP contribution < -0.4 is 5.32 Å². The summed E-state index contributed by atoms with van der Waals surface area (Å²) < 4.78 is 0. The van der Waals surface area contributed by atoms with Gasteiger partial charge in [-0.25, -0.2) is 0 Å². The van der Waals surface area contributed by atoms with E-state index >= 15 is 0 Å². The summed E-state index contributed by atoms with van der Waals surface area (Å²) in [7, 11) is 0. The molecule has 0 aromatic heterocycles. The maximum absolute atomic E-state index is 11.0. The lowest BCUT2D eigenvalue weighted by Crippen LogP contribution is -2.42. The summed E-state index contributed by atoms with van der Waals surface area (Å²) in [5.74, 6) is 0.0480. The van der Waals surface area contributed by atoms with Crippen LogP contribution in [0.3, 0.4) is 0 Å². The van der Waals surface area contributed by atoms with Crippen molar-refractivity contribution in [2.45, 2.75) is 39.2 Å². The van der Waals surface area contributed by atoms with Crippen LogP contribution in [0.1, 0.15) is 33.6 Å². The van der Waals surface area contributed by atoms with Crippen molar-refractivity contribution in [1.82, 2.24) is 5.32 Å². The minimum absolute atomic E-state index is 0.0480. The Labute approximate surface area is 68.7 Å². The molecule has 0 fully saturated rings. The van der Waals surface area contributed by atoms with E-state index in [4.69, 9.17) is 0 Å². The molecule has 0 saturated heterocycles. The fraction of sp³-hybridized carbons (Fsp3) is 0.667. The smallest absolute Gasteiger partial charge is 0.224 e. The molecule has 1 N–H and O–H groups in total. The molecule has 0 atom stereocenters. The van der Waals surface area contributed by atoms with Crippen molar-refractivity contribution in [1.29, 1.82) is 0 Å². The minimum atomic E-state index is -0.0832. The van der Waals surface area contributed by atoms with E-state index in [2.05, 4.69) is 11.9 Å². The molecule has 0 bridgehead atoms. The van der Waals surface area contributed by atoms with Crippen LogP contribution in [-0.4, -0.2) is 11.4 Å². The van der Waals surface area contributed by atoms with Crippen molar-refractivity contribution >= 4 is 5.91 Å². The van der Waals surface area contributed by atoms with Crippen molar-refractivity contribution in [3.63, 3.8) is 0 Å². The summed E-state index contributed by atoms with van der Waals surface area (Å²) in [6.07, 6.45) is 2.96. The molecule has 2 heteroatoms. The number of hydrogen-bond acceptors (Lipinski definition) is 1. The van der Waals surface area contributed by atoms with Gasteiger partial charge >= 0.3 is 0 Å². The van der Waals surface area contributed by atoms with Crippen molar-refractivity contribution in [3.05, 3.63) is 12.7 Å². The summed E-state index contributed by atoms with van der Waals surface area (Å²) in [6, 6.07) is 0. The van der Waals surface area contributed by atoms with E-state index in [-0.39, 0.29) is 11.4 Å². The predicted molar refractivity (Wildman–Crippen MR) is 47.3 cm³/mol. The molecular formula is C9H17NO. The maximum Gasteiger partial charge on any atom is 0.224 e. The third-order valence-corrected chi connectivity index (χ3v) is 1.69. The van der Waals surface area contributed by atoms with Crippen LogP contribution in [0.5, 0.6) is 0 Å². The normalized spacial score (nSPS) is 10.8. The zero-order valence-electron chi connectivity index (χ0n) is 7.61. The van der Waals surface area contributed by atoms with Crippen molar-refractivity contribution < 1.29 is 4.79 Å². The third-order valence-electron chi connectivity index (χ3n) is 1.69. The average Bonchev–Trinajstić information content (AvgIpc) is 1.87. The molecular weight excluding hydrogens is 138 g/mol. The van der Waals surface area contributed by atoms with Crippen LogP contribution in [-0.2, 0) is 4.79 Å². The van der Waals surface area contributed by atoms with Crippen LogP contribution in [0.2, 0.25) is 0 Å². The van der Waals surface area contributed by atoms with Gasteiger partial charge in [0.15, 0.2) is 0 Å². The molecule has 2 nitrogen and oxygen atoms in total. The van der Waals surface area contributed by atoms with E-state index in [9.17, 15) is 4.79 Å². The van der Waals surface area contributed by atoms with Crippen LogP contribution in [0.15, 0.2) is 12.7 Å². The molecule has 0 rings (SSSR count). The lowest BCUT2D eigenvalue weighted by molar-refractivity contribution is -0.121. The van der Waals surface area contributed by atoms with Gasteiger partial charge in [0.1, 0.15) is 0 Å². The van der Waals surface area contributed by atoms with Gasteiger partial charge in [0, 0.05) is 12.0 Å². The lowest BCUT2D eigenvalue weighted by atomic mass is 10.0. The molecule has 0 heterocycles. The number of carbonyl (C=O) groups is 1. The molecule has 1 amide bonds. The molecule has 0 aliphatic rings. The standard InChI is InChI=1S/C9H17NO/c1-5-7-8(11)10-9(3,4)6-2/h5H,1,6-7H2,2-4H3,(H,10,11). The van der Waals surface area contributed by atoms with E-state index in [0.29, 0.717) is 6.42 Å². The molecule has 0 spiro atoms. The number of rotatable bonds is 4. The molecule has 0 aliphatic carbocycles. The largest absolute Gasteiger partial charge is 0.351 e. The van der Waals surface area contributed by atoms with E-state index in [1.54, 1.807) is 6.08 Å². The Kier molecular flexibility index (Phi) is 3.86. The molecule has 0 aliphatic heterocycles. The SMILES string of the molecule is C=CCC(=O)NC(C)(C)CC. The van der Waals surface area contributed by atoms with Gasteiger partial charge in [0.25, 0.3) is 0 Å². The highest BCUT2D eigenvalue weighted by atomic mass is 16.1. The number of nitrogens with one attached hydrogen (secondary N) is 1. The van der Waals surface area contributed by atoms with E-state index in [1.165, 1.54) is 0 Å². The van der Waals surface area contributed by atoms with Gasteiger partial charge in [-0.2, -0.15) is 0 Å². The first-order valence-electron chi connectivity index (χ1n) is 3.93. The predicted octanol–water partition coefficient (Wildman–Crippen LogP) is 1.87. The molecule has 0 radical (unpaired) electrons. The summed E-state index contributed by atoms with van der Waals surface area (Å²) in [4.78, 5) is 11.0. The molecule has 0 unspecified atom stereocenters. The van der Waals surface area contributed by atoms with Gasteiger partial charge < -0.3 is 5.32 Å². The van der Waals surface area contributed by atoms with Crippen LogP contribution in [0.4, 0.5) is 0 Å². The Bertz CT molecular complexity index is 150. The minimum Gasteiger partial charge on any atom is -0.351 e. The van der Waals surface area contributed by atoms with Crippen LogP contribution in [0.25, 0.3) is 0 Å². The zero-order valence-corrected chi connectivity index (χ0v) is 7.61. The van der Waals surface area contributed by atoms with Gasteiger partial charge in [-0.05, 0) is 20.3 Å². The van der Waals surface area contributed by atoms with Gasteiger partial charge in [0.05, 0.1) is 0 Å². The third kappa shape index (κ3) is 4.59. The van der Waals surface area contributed by atoms with Gasteiger partial charge in [-0.1, -0.05) is 13.0 Å². The van der Waals surface area contributed by atoms with Crippen molar-refractivity contribution in [2.24, 2.45) is 0 Å². The molecule has 64 valence electrons. The number of amides is 1. The van der Waals surface area contributed by atoms with Crippen molar-refractivity contribution in [3.8, 4) is 0 Å². The Morgan fingerprint density at radius 3 is 2.55 bits per heavy atom. The summed E-state index contributed by atoms with van der Waals surface area (Å²) >= 11 is 0. The first-order valence-corrected chi connectivity index (χ1v) is 3.93. The van der Waals surface area contributed by atoms with E-state index in [0.717, 1.165) is 6.42 Å². The highest BCUT2D eigenvalue weighted by Crippen LogP contribution is 2.06. The number of carbonyl (C=O) groups excluding carboxylic acids is 1. The average molecular weight is 155 g/mol. The second-order valence-corrected chi connectivity index (χ2v) is 3.28. The van der Waals surface area contributed by atoms with Gasteiger partial charge in [0.2, 0.25) is 5.91 Å². The van der Waals surface area contributed by atoms with E-state index < -0.39 is 0 Å². The molecule has 0 aromatic rings. The molecule has 0 aromatic carbocycles. The summed E-state index contributed by atoms with van der Waals surface area (Å²) in [6.45, 7) is 9.56.